The van der Waals surface area contributed by atoms with Crippen LogP contribution in [-0.4, -0.2) is 20.7 Å². The van der Waals surface area contributed by atoms with Crippen molar-refractivity contribution < 1.29 is 13.6 Å². The minimum absolute atomic E-state index is 0.159. The van der Waals surface area contributed by atoms with Gasteiger partial charge in [0, 0.05) is 24.1 Å². The molecule has 2 aromatic heterocycles. The minimum atomic E-state index is -0.676. The predicted octanol–water partition coefficient (Wildman–Crippen LogP) is 4.44. The van der Waals surface area contributed by atoms with Crippen LogP contribution in [0.15, 0.2) is 48.8 Å². The van der Waals surface area contributed by atoms with Crippen LogP contribution in [0, 0.1) is 29.0 Å². The summed E-state index contributed by atoms with van der Waals surface area (Å²) in [6.07, 6.45) is 6.90. The number of hydrogen-bond acceptors (Lipinski definition) is 5. The second-order valence-corrected chi connectivity index (χ2v) is 8.53. The van der Waals surface area contributed by atoms with Crippen molar-refractivity contribution in [2.24, 2.45) is 11.7 Å². The maximum absolute atomic E-state index is 13.5. The Balaban J connectivity index is 1.56. The van der Waals surface area contributed by atoms with Crippen molar-refractivity contribution in [3.05, 3.63) is 71.7 Å². The van der Waals surface area contributed by atoms with Crippen molar-refractivity contribution >= 4 is 17.4 Å². The van der Waals surface area contributed by atoms with Gasteiger partial charge in [0.1, 0.15) is 11.4 Å². The van der Waals surface area contributed by atoms with Crippen LogP contribution in [0.3, 0.4) is 0 Å². The van der Waals surface area contributed by atoms with E-state index in [2.05, 4.69) is 21.5 Å². The van der Waals surface area contributed by atoms with Crippen LogP contribution < -0.4 is 11.1 Å². The number of anilines is 2. The van der Waals surface area contributed by atoms with E-state index in [1.54, 1.807) is 29.1 Å². The van der Waals surface area contributed by atoms with Crippen molar-refractivity contribution in [1.29, 1.82) is 5.26 Å². The first-order chi connectivity index (χ1) is 15.9. The molecule has 3 N–H and O–H groups in total. The molecule has 7 nitrogen and oxygen atoms in total. The third-order valence-corrected chi connectivity index (χ3v) is 6.31. The van der Waals surface area contributed by atoms with Crippen LogP contribution in [0.2, 0.25) is 0 Å². The Morgan fingerprint density at radius 3 is 2.73 bits per heavy atom. The maximum Gasteiger partial charge on any atom is 0.254 e. The summed E-state index contributed by atoms with van der Waals surface area (Å²) < 4.78 is 28.7. The van der Waals surface area contributed by atoms with E-state index in [1.807, 2.05) is 6.07 Å². The van der Waals surface area contributed by atoms with Gasteiger partial charge in [-0.15, -0.1) is 0 Å². The summed E-state index contributed by atoms with van der Waals surface area (Å²) in [6.45, 7) is 0. The van der Waals surface area contributed by atoms with Gasteiger partial charge in [-0.05, 0) is 61.8 Å². The van der Waals surface area contributed by atoms with Gasteiger partial charge in [0.25, 0.3) is 5.91 Å². The average molecular weight is 450 g/mol. The number of nitrogens with zero attached hydrogens (tertiary/aromatic N) is 4. The molecule has 0 unspecified atom stereocenters. The molecule has 1 saturated carbocycles. The first kappa shape index (κ1) is 22.4. The fourth-order valence-electron chi connectivity index (χ4n) is 4.56. The lowest BCUT2D eigenvalue weighted by Gasteiger charge is -2.39. The number of halogens is 2. The summed E-state index contributed by atoms with van der Waals surface area (Å²) in [5, 5.41) is 17.0. The second-order valence-electron chi connectivity index (χ2n) is 8.53. The molecule has 1 aliphatic carbocycles. The molecule has 0 spiro atoms. The summed E-state index contributed by atoms with van der Waals surface area (Å²) in [7, 11) is 0. The number of aromatic nitrogens is 3. The monoisotopic (exact) mass is 450 g/mol. The van der Waals surface area contributed by atoms with Crippen LogP contribution in [0.1, 0.15) is 48.0 Å². The largest absolute Gasteiger partial charge is 0.365 e. The van der Waals surface area contributed by atoms with Crippen molar-refractivity contribution in [1.82, 2.24) is 14.8 Å². The summed E-state index contributed by atoms with van der Waals surface area (Å²) >= 11 is 0. The molecule has 1 fully saturated rings. The fraction of sp³-hybridized carbons (Fsp3) is 0.333. The van der Waals surface area contributed by atoms with Gasteiger partial charge >= 0.3 is 0 Å². The summed E-state index contributed by atoms with van der Waals surface area (Å²) in [6, 6.07) is 11.6. The molecule has 0 atom stereocenters. The van der Waals surface area contributed by atoms with Gasteiger partial charge in [0.2, 0.25) is 5.95 Å². The smallest absolute Gasteiger partial charge is 0.254 e. The van der Waals surface area contributed by atoms with Gasteiger partial charge in [-0.25, -0.2) is 9.37 Å². The molecule has 3 aromatic rings. The standard InChI is InChI=1S/C24H24F2N6O/c25-18-3-1-2-17(13-18)12-16-4-7-24(8-5-16,9-10-27)32-15-20(22(28)33)23(31-32)30-19-6-11-29-21(26)14-19/h1-3,6,11,13-16H,4-5,7-9,12H2,(H2,28,33)(H,29,30,31). The number of pyridine rings is 1. The zero-order valence-corrected chi connectivity index (χ0v) is 18.0. The number of carbonyl (C=O) groups is 1. The van der Waals surface area contributed by atoms with Gasteiger partial charge in [0.15, 0.2) is 5.82 Å². The molecule has 1 aliphatic rings. The molecule has 4 rings (SSSR count). The first-order valence-electron chi connectivity index (χ1n) is 10.8. The zero-order valence-electron chi connectivity index (χ0n) is 18.0. The van der Waals surface area contributed by atoms with Crippen LogP contribution in [0.4, 0.5) is 20.3 Å². The van der Waals surface area contributed by atoms with E-state index < -0.39 is 17.4 Å². The number of hydrogen-bond donors (Lipinski definition) is 2. The highest BCUT2D eigenvalue weighted by molar-refractivity contribution is 5.98. The Morgan fingerprint density at radius 1 is 1.27 bits per heavy atom. The Morgan fingerprint density at radius 2 is 2.06 bits per heavy atom. The molecule has 1 aromatic carbocycles. The molecule has 33 heavy (non-hydrogen) atoms. The molecule has 0 bridgehead atoms. The highest BCUT2D eigenvalue weighted by Gasteiger charge is 2.38. The fourth-order valence-corrected chi connectivity index (χ4v) is 4.56. The number of nitriles is 1. The minimum Gasteiger partial charge on any atom is -0.365 e. The number of nitrogens with two attached hydrogens (primary N) is 1. The molecule has 9 heteroatoms. The van der Waals surface area contributed by atoms with Crippen LogP contribution in [-0.2, 0) is 12.0 Å². The van der Waals surface area contributed by atoms with E-state index in [-0.39, 0.29) is 23.6 Å². The Labute approximate surface area is 190 Å². The van der Waals surface area contributed by atoms with Gasteiger partial charge in [0.05, 0.1) is 18.0 Å². The van der Waals surface area contributed by atoms with E-state index in [4.69, 9.17) is 5.73 Å². The van der Waals surface area contributed by atoms with E-state index >= 15 is 0 Å². The summed E-state index contributed by atoms with van der Waals surface area (Å²) in [5.41, 5.74) is 6.48. The number of nitrogens with one attached hydrogen (secondary N) is 1. The summed E-state index contributed by atoms with van der Waals surface area (Å²) in [5.74, 6) is -1.02. The van der Waals surface area contributed by atoms with Crippen molar-refractivity contribution in [2.45, 2.75) is 44.1 Å². The van der Waals surface area contributed by atoms with Crippen molar-refractivity contribution in [3.8, 4) is 6.07 Å². The lowest BCUT2D eigenvalue weighted by atomic mass is 9.73. The Hall–Kier alpha value is -3.80. The van der Waals surface area contributed by atoms with Gasteiger partial charge in [-0.3, -0.25) is 9.48 Å². The number of amides is 1. The SMILES string of the molecule is N#CCC1(n2cc(C(N)=O)c(Nc3ccnc(F)c3)n2)CCC(Cc2cccc(F)c2)CC1. The normalized spacial score (nSPS) is 20.2. The molecule has 0 saturated heterocycles. The molecular weight excluding hydrogens is 426 g/mol. The molecule has 0 aliphatic heterocycles. The molecule has 2 heterocycles. The zero-order chi connectivity index (χ0) is 23.4. The third kappa shape index (κ3) is 5.00. The average Bonchev–Trinajstić information content (AvgIpc) is 3.20. The predicted molar refractivity (Wildman–Crippen MR) is 118 cm³/mol. The number of benzene rings is 1. The van der Waals surface area contributed by atoms with E-state index in [0.717, 1.165) is 24.8 Å². The van der Waals surface area contributed by atoms with E-state index in [0.29, 0.717) is 24.4 Å². The number of carbonyl (C=O) groups excluding carboxylic acids is 1. The second kappa shape index (κ2) is 9.36. The molecule has 170 valence electrons. The third-order valence-electron chi connectivity index (χ3n) is 6.31. The highest BCUT2D eigenvalue weighted by Crippen LogP contribution is 2.41. The van der Waals surface area contributed by atoms with Gasteiger partial charge in [-0.2, -0.15) is 14.8 Å². The molecule has 0 radical (unpaired) electrons. The van der Waals surface area contributed by atoms with Gasteiger partial charge < -0.3 is 11.1 Å². The van der Waals surface area contributed by atoms with Crippen LogP contribution in [0.5, 0.6) is 0 Å². The topological polar surface area (TPSA) is 110 Å². The molecule has 1 amide bonds. The van der Waals surface area contributed by atoms with Crippen molar-refractivity contribution in [2.75, 3.05) is 5.32 Å². The lowest BCUT2D eigenvalue weighted by Crippen LogP contribution is -2.38. The quantitative estimate of drug-likeness (QED) is 0.517. The lowest BCUT2D eigenvalue weighted by molar-refractivity contribution is 0.1000. The Kier molecular flexibility index (Phi) is 6.36. The molecular formula is C24H24F2N6O. The van der Waals surface area contributed by atoms with E-state index in [1.165, 1.54) is 18.3 Å². The first-order valence-corrected chi connectivity index (χ1v) is 10.8. The highest BCUT2D eigenvalue weighted by atomic mass is 19.1. The maximum atomic E-state index is 13.5. The van der Waals surface area contributed by atoms with Crippen LogP contribution in [0.25, 0.3) is 0 Å². The Bertz CT molecular complexity index is 1190. The van der Waals surface area contributed by atoms with Crippen LogP contribution >= 0.6 is 0 Å². The number of primary amides is 1. The number of rotatable bonds is 7. The van der Waals surface area contributed by atoms with Crippen molar-refractivity contribution in [3.63, 3.8) is 0 Å². The van der Waals surface area contributed by atoms with Gasteiger partial charge in [-0.1, -0.05) is 12.1 Å². The summed E-state index contributed by atoms with van der Waals surface area (Å²) in [4.78, 5) is 15.6. The van der Waals surface area contributed by atoms with E-state index in [9.17, 15) is 18.8 Å².